The van der Waals surface area contributed by atoms with Gasteiger partial charge in [-0.25, -0.2) is 0 Å². The van der Waals surface area contributed by atoms with Crippen LogP contribution in [-0.4, -0.2) is 18.0 Å². The molecular weight excluding hydrogens is 644 g/mol. The number of benzene rings is 9. The summed E-state index contributed by atoms with van der Waals surface area (Å²) in [6.45, 7) is 0.197. The number of aromatic nitrogens is 1. The summed E-state index contributed by atoms with van der Waals surface area (Å²) in [5.74, 6) is 0. The van der Waals surface area contributed by atoms with E-state index in [0.717, 1.165) is 0 Å². The monoisotopic (exact) mass is 673 g/mol. The molecule has 238 valence electrons. The Morgan fingerprint density at radius 1 is 0.385 bits per heavy atom. The fraction of sp³-hybridized carbons (Fsp3) is 0. The Morgan fingerprint density at radius 2 is 0.981 bits per heavy atom. The topological polar surface area (TPSA) is 4.93 Å². The summed E-state index contributed by atoms with van der Waals surface area (Å²) in [5.41, 5.74) is 12.1. The lowest BCUT2D eigenvalue weighted by Crippen LogP contribution is -2.59. The molecule has 2 aliphatic rings. The lowest BCUT2D eigenvalue weighted by molar-refractivity contribution is 1.19. The molecule has 0 saturated carbocycles. The average Bonchev–Trinajstić information content (AvgIpc) is 3.55. The average molecular weight is 673 g/mol. The molecule has 3 heterocycles. The SMILES string of the molecule is c1ccc2c(c1)Sc1cc3c(cc1B2c1ccc2ccccc2c1)-n1c2ccccc2c2c4ccccc4cc(c21)B3c1ccc2ccccc2c1. The van der Waals surface area contributed by atoms with Crippen molar-refractivity contribution in [3.05, 3.63) is 176 Å². The van der Waals surface area contributed by atoms with Gasteiger partial charge in [0.15, 0.2) is 0 Å². The molecule has 0 atom stereocenters. The first kappa shape index (κ1) is 28.7. The third-order valence-electron chi connectivity index (χ3n) is 11.7. The predicted molar refractivity (Wildman–Crippen MR) is 226 cm³/mol. The Labute approximate surface area is 306 Å². The smallest absolute Gasteiger partial charge is 0.246 e. The van der Waals surface area contributed by atoms with E-state index >= 15 is 0 Å². The van der Waals surface area contributed by atoms with Crippen molar-refractivity contribution in [3.63, 3.8) is 0 Å². The van der Waals surface area contributed by atoms with Gasteiger partial charge in [0.05, 0.1) is 11.0 Å². The van der Waals surface area contributed by atoms with Crippen molar-refractivity contribution in [1.29, 1.82) is 0 Å². The van der Waals surface area contributed by atoms with Gasteiger partial charge in [-0.2, -0.15) is 0 Å². The Balaban J connectivity index is 1.21. The van der Waals surface area contributed by atoms with E-state index in [1.807, 2.05) is 11.8 Å². The maximum atomic E-state index is 2.60. The highest BCUT2D eigenvalue weighted by Gasteiger charge is 2.38. The molecule has 0 unspecified atom stereocenters. The molecule has 2 aliphatic heterocycles. The second kappa shape index (κ2) is 10.8. The highest BCUT2D eigenvalue weighted by Crippen LogP contribution is 2.39. The molecule has 10 aromatic rings. The van der Waals surface area contributed by atoms with Crippen LogP contribution in [-0.2, 0) is 0 Å². The summed E-state index contributed by atoms with van der Waals surface area (Å²) < 4.78 is 2.60. The highest BCUT2D eigenvalue weighted by molar-refractivity contribution is 8.00. The van der Waals surface area contributed by atoms with Crippen LogP contribution < -0.4 is 32.8 Å². The van der Waals surface area contributed by atoms with Gasteiger partial charge in [-0.3, -0.25) is 0 Å². The summed E-state index contributed by atoms with van der Waals surface area (Å²) in [6, 6.07) is 66.3. The lowest BCUT2D eigenvalue weighted by Gasteiger charge is -2.32. The van der Waals surface area contributed by atoms with Gasteiger partial charge in [0, 0.05) is 26.3 Å². The van der Waals surface area contributed by atoms with Crippen LogP contribution in [0.25, 0.3) is 59.8 Å². The number of para-hydroxylation sites is 1. The van der Waals surface area contributed by atoms with Crippen LogP contribution in [0.4, 0.5) is 0 Å². The molecule has 0 aliphatic carbocycles. The molecule has 0 bridgehead atoms. The number of rotatable bonds is 2. The minimum Gasteiger partial charge on any atom is -0.310 e. The Morgan fingerprint density at radius 3 is 1.73 bits per heavy atom. The number of fused-ring (bicyclic) bond motifs is 11. The zero-order valence-electron chi connectivity index (χ0n) is 28.3. The molecule has 9 aromatic carbocycles. The molecule has 0 radical (unpaired) electrons. The Hall–Kier alpha value is -5.96. The summed E-state index contributed by atoms with van der Waals surface area (Å²) >= 11 is 1.93. The van der Waals surface area contributed by atoms with E-state index < -0.39 is 0 Å². The van der Waals surface area contributed by atoms with E-state index in [1.54, 1.807) is 0 Å². The van der Waals surface area contributed by atoms with Crippen LogP contribution >= 0.6 is 11.8 Å². The van der Waals surface area contributed by atoms with Crippen LogP contribution in [0.1, 0.15) is 0 Å². The molecule has 0 spiro atoms. The van der Waals surface area contributed by atoms with Gasteiger partial charge in [-0.15, -0.1) is 0 Å². The van der Waals surface area contributed by atoms with E-state index in [4.69, 9.17) is 0 Å². The Kier molecular flexibility index (Phi) is 5.95. The minimum atomic E-state index is 0.0747. The maximum absolute atomic E-state index is 2.60. The van der Waals surface area contributed by atoms with Crippen LogP contribution in [0.15, 0.2) is 186 Å². The summed E-state index contributed by atoms with van der Waals surface area (Å²) in [6.07, 6.45) is 0. The van der Waals surface area contributed by atoms with Crippen molar-refractivity contribution >= 4 is 112 Å². The van der Waals surface area contributed by atoms with Crippen LogP contribution in [0.3, 0.4) is 0 Å². The van der Waals surface area contributed by atoms with Gasteiger partial charge in [0.25, 0.3) is 0 Å². The maximum Gasteiger partial charge on any atom is 0.246 e. The lowest BCUT2D eigenvalue weighted by atomic mass is 9.33. The summed E-state index contributed by atoms with van der Waals surface area (Å²) in [5, 5.41) is 10.4. The second-order valence-corrected chi connectivity index (χ2v) is 15.5. The van der Waals surface area contributed by atoms with Crippen molar-refractivity contribution in [3.8, 4) is 5.69 Å². The molecule has 12 rings (SSSR count). The van der Waals surface area contributed by atoms with Crippen molar-refractivity contribution < 1.29 is 0 Å². The molecule has 0 fully saturated rings. The van der Waals surface area contributed by atoms with Crippen LogP contribution in [0.5, 0.6) is 0 Å². The van der Waals surface area contributed by atoms with Gasteiger partial charge < -0.3 is 4.57 Å². The zero-order chi connectivity index (χ0) is 33.9. The predicted octanol–water partition coefficient (Wildman–Crippen LogP) is 8.05. The molecule has 1 nitrogen and oxygen atoms in total. The first-order chi connectivity index (χ1) is 25.8. The second-order valence-electron chi connectivity index (χ2n) is 14.4. The van der Waals surface area contributed by atoms with Crippen LogP contribution in [0, 0.1) is 0 Å². The number of hydrogen-bond acceptors (Lipinski definition) is 1. The third-order valence-corrected chi connectivity index (χ3v) is 12.9. The molecule has 0 saturated heterocycles. The first-order valence-electron chi connectivity index (χ1n) is 18.2. The van der Waals surface area contributed by atoms with Gasteiger partial charge in [-0.1, -0.05) is 191 Å². The molecule has 52 heavy (non-hydrogen) atoms. The van der Waals surface area contributed by atoms with Crippen LogP contribution in [0.2, 0.25) is 0 Å². The third kappa shape index (κ3) is 3.99. The minimum absolute atomic E-state index is 0.0747. The molecule has 0 amide bonds. The molecular formula is C48H29B2NS. The molecule has 0 N–H and O–H groups in total. The molecule has 1 aromatic heterocycles. The quantitative estimate of drug-likeness (QED) is 0.168. The summed E-state index contributed by atoms with van der Waals surface area (Å²) in [4.78, 5) is 2.68. The normalized spacial score (nSPS) is 13.2. The fourth-order valence-corrected chi connectivity index (χ4v) is 10.6. The van der Waals surface area contributed by atoms with E-state index in [1.165, 1.54) is 102 Å². The van der Waals surface area contributed by atoms with Crippen molar-refractivity contribution in [1.82, 2.24) is 4.57 Å². The highest BCUT2D eigenvalue weighted by atomic mass is 32.2. The number of hydrogen-bond donors (Lipinski definition) is 0. The summed E-state index contributed by atoms with van der Waals surface area (Å²) in [7, 11) is 0. The van der Waals surface area contributed by atoms with Crippen molar-refractivity contribution in [2.24, 2.45) is 0 Å². The fourth-order valence-electron chi connectivity index (χ4n) is 9.44. The van der Waals surface area contributed by atoms with Crippen molar-refractivity contribution in [2.75, 3.05) is 0 Å². The van der Waals surface area contributed by atoms with Gasteiger partial charge in [-0.05, 0) is 61.4 Å². The van der Waals surface area contributed by atoms with E-state index in [-0.39, 0.29) is 13.4 Å². The van der Waals surface area contributed by atoms with E-state index in [0.29, 0.717) is 0 Å². The van der Waals surface area contributed by atoms with Gasteiger partial charge in [0.1, 0.15) is 0 Å². The van der Waals surface area contributed by atoms with Crippen molar-refractivity contribution in [2.45, 2.75) is 9.79 Å². The van der Waals surface area contributed by atoms with E-state index in [9.17, 15) is 0 Å². The zero-order valence-corrected chi connectivity index (χ0v) is 29.1. The van der Waals surface area contributed by atoms with Gasteiger partial charge in [0.2, 0.25) is 13.4 Å². The number of nitrogens with zero attached hydrogens (tertiary/aromatic N) is 1. The molecule has 4 heteroatoms. The Bertz CT molecular complexity index is 3140. The standard InChI is InChI=1S/C48H29B2NS/c1-3-13-32-25-35(23-21-30(32)11-1)49-39-18-8-10-20-45(39)52-46-29-40-44(28-41(46)49)51-43-19-9-7-17-38(43)47-37-16-6-5-15-34(37)27-42(48(47)51)50(40)36-24-22-31-12-2-4-14-33(31)26-36/h1-29H. The largest absolute Gasteiger partial charge is 0.310 e. The van der Waals surface area contributed by atoms with Gasteiger partial charge >= 0.3 is 0 Å². The first-order valence-corrected chi connectivity index (χ1v) is 19.0. The van der Waals surface area contributed by atoms with E-state index in [2.05, 4.69) is 180 Å².